The van der Waals surface area contributed by atoms with Crippen LogP contribution in [0.2, 0.25) is 0 Å². The van der Waals surface area contributed by atoms with Gasteiger partial charge in [-0.15, -0.1) is 0 Å². The number of amides is 1. The molecule has 1 saturated heterocycles. The molecule has 0 radical (unpaired) electrons. The Morgan fingerprint density at radius 3 is 2.77 bits per heavy atom. The third-order valence-corrected chi connectivity index (χ3v) is 5.96. The van der Waals surface area contributed by atoms with Crippen LogP contribution in [0.15, 0.2) is 66.9 Å². The van der Waals surface area contributed by atoms with Crippen LogP contribution in [0.1, 0.15) is 21.7 Å². The summed E-state index contributed by atoms with van der Waals surface area (Å²) in [6.07, 6.45) is 5.66. The molecule has 0 bridgehead atoms. The summed E-state index contributed by atoms with van der Waals surface area (Å²) in [5.41, 5.74) is 4.86. The quantitative estimate of drug-likeness (QED) is 0.363. The lowest BCUT2D eigenvalue weighted by Gasteiger charge is -2.26. The minimum atomic E-state index is -0.0917. The van der Waals surface area contributed by atoms with Gasteiger partial charge in [0.15, 0.2) is 0 Å². The van der Waals surface area contributed by atoms with Gasteiger partial charge in [0.25, 0.3) is 5.91 Å². The number of pyridine rings is 1. The van der Waals surface area contributed by atoms with Crippen LogP contribution < -0.4 is 10.6 Å². The van der Waals surface area contributed by atoms with Crippen molar-refractivity contribution in [3.63, 3.8) is 0 Å². The van der Waals surface area contributed by atoms with Crippen molar-refractivity contribution in [1.29, 1.82) is 0 Å². The van der Waals surface area contributed by atoms with E-state index in [4.69, 9.17) is 4.74 Å². The second-order valence-electron chi connectivity index (χ2n) is 8.34. The number of hydrogen-bond donors (Lipinski definition) is 3. The van der Waals surface area contributed by atoms with Gasteiger partial charge in [-0.05, 0) is 54.6 Å². The largest absolute Gasteiger partial charge is 0.379 e. The van der Waals surface area contributed by atoms with Crippen LogP contribution in [0.4, 0.5) is 11.4 Å². The van der Waals surface area contributed by atoms with E-state index in [1.807, 2.05) is 72.8 Å². The summed E-state index contributed by atoms with van der Waals surface area (Å²) in [5, 5.41) is 15.0. The van der Waals surface area contributed by atoms with Crippen LogP contribution in [0.5, 0.6) is 0 Å². The van der Waals surface area contributed by atoms with Crippen molar-refractivity contribution in [3.05, 3.63) is 83.8 Å². The molecule has 0 spiro atoms. The van der Waals surface area contributed by atoms with Crippen LogP contribution in [-0.4, -0.2) is 65.4 Å². The minimum Gasteiger partial charge on any atom is -0.379 e. The Morgan fingerprint density at radius 2 is 1.91 bits per heavy atom. The lowest BCUT2D eigenvalue weighted by Crippen LogP contribution is -2.41. The zero-order valence-electron chi connectivity index (χ0n) is 19.4. The molecule has 0 saturated carbocycles. The average molecular weight is 469 g/mol. The summed E-state index contributed by atoms with van der Waals surface area (Å²) < 4.78 is 5.38. The number of ether oxygens (including phenoxy) is 1. The number of morpholine rings is 1. The highest BCUT2D eigenvalue weighted by Crippen LogP contribution is 2.26. The number of aromatic nitrogens is 3. The van der Waals surface area contributed by atoms with Crippen molar-refractivity contribution < 1.29 is 9.53 Å². The molecule has 2 aromatic heterocycles. The lowest BCUT2D eigenvalue weighted by atomic mass is 10.1. The van der Waals surface area contributed by atoms with E-state index < -0.39 is 0 Å². The summed E-state index contributed by atoms with van der Waals surface area (Å²) >= 11 is 0. The van der Waals surface area contributed by atoms with Crippen LogP contribution in [0.3, 0.4) is 0 Å². The van der Waals surface area contributed by atoms with Crippen molar-refractivity contribution in [2.75, 3.05) is 44.7 Å². The highest BCUT2D eigenvalue weighted by Gasteiger charge is 2.14. The number of para-hydroxylation sites is 1. The van der Waals surface area contributed by atoms with Crippen LogP contribution in [0, 0.1) is 0 Å². The van der Waals surface area contributed by atoms with E-state index in [0.717, 1.165) is 66.5 Å². The van der Waals surface area contributed by atoms with Crippen molar-refractivity contribution in [1.82, 2.24) is 25.4 Å². The highest BCUT2D eigenvalue weighted by atomic mass is 16.5. The molecular weight excluding hydrogens is 440 g/mol. The SMILES string of the molecule is O=C(NCCN1CCOCC1)c1ccccc1Nc1ccc2c(/C=C/c3ccccn3)n[nH]c2c1. The molecule has 2 aromatic carbocycles. The molecule has 178 valence electrons. The van der Waals surface area contributed by atoms with Gasteiger partial charge >= 0.3 is 0 Å². The molecule has 1 aliphatic heterocycles. The first-order chi connectivity index (χ1) is 17.3. The summed E-state index contributed by atoms with van der Waals surface area (Å²) in [5.74, 6) is -0.0917. The Bertz CT molecular complexity index is 1310. The second kappa shape index (κ2) is 10.9. The number of carbonyl (C=O) groups is 1. The number of fused-ring (bicyclic) bond motifs is 1. The number of hydrogen-bond acceptors (Lipinski definition) is 6. The summed E-state index contributed by atoms with van der Waals surface area (Å²) in [7, 11) is 0. The van der Waals surface area contributed by atoms with Gasteiger partial charge in [-0.2, -0.15) is 5.10 Å². The average Bonchev–Trinajstić information content (AvgIpc) is 3.31. The minimum absolute atomic E-state index is 0.0917. The Hall–Kier alpha value is -4.01. The number of anilines is 2. The molecule has 1 fully saturated rings. The van der Waals surface area contributed by atoms with E-state index in [2.05, 4.69) is 30.7 Å². The third-order valence-electron chi connectivity index (χ3n) is 5.96. The zero-order chi connectivity index (χ0) is 23.9. The molecule has 0 unspecified atom stereocenters. The summed E-state index contributed by atoms with van der Waals surface area (Å²) in [4.78, 5) is 19.5. The van der Waals surface area contributed by atoms with E-state index in [1.54, 1.807) is 6.20 Å². The number of nitrogens with zero attached hydrogens (tertiary/aromatic N) is 3. The van der Waals surface area contributed by atoms with Crippen LogP contribution >= 0.6 is 0 Å². The summed E-state index contributed by atoms with van der Waals surface area (Å²) in [6, 6.07) is 19.3. The molecule has 0 aliphatic carbocycles. The Balaban J connectivity index is 1.26. The van der Waals surface area contributed by atoms with Gasteiger partial charge in [-0.25, -0.2) is 0 Å². The van der Waals surface area contributed by atoms with Crippen LogP contribution in [-0.2, 0) is 4.74 Å². The van der Waals surface area contributed by atoms with Gasteiger partial charge in [0, 0.05) is 43.4 Å². The molecule has 3 N–H and O–H groups in total. The fourth-order valence-electron chi connectivity index (χ4n) is 4.08. The first-order valence-electron chi connectivity index (χ1n) is 11.8. The number of aromatic amines is 1. The van der Waals surface area contributed by atoms with Crippen molar-refractivity contribution >= 4 is 40.3 Å². The van der Waals surface area contributed by atoms with E-state index in [-0.39, 0.29) is 5.91 Å². The number of carbonyl (C=O) groups excluding carboxylic acids is 1. The first kappa shape index (κ1) is 22.8. The Morgan fingerprint density at radius 1 is 1.06 bits per heavy atom. The Kier molecular flexibility index (Phi) is 7.12. The second-order valence-corrected chi connectivity index (χ2v) is 8.34. The molecule has 1 aliphatic rings. The van der Waals surface area contributed by atoms with E-state index in [9.17, 15) is 4.79 Å². The zero-order valence-corrected chi connectivity index (χ0v) is 19.4. The molecular formula is C27H28N6O2. The predicted molar refractivity (Wildman–Crippen MR) is 139 cm³/mol. The molecule has 8 heteroatoms. The molecule has 5 rings (SSSR count). The standard InChI is InChI=1S/C27H28N6O2/c34-27(29-13-14-33-15-17-35-18-16-33)23-6-1-2-7-24(23)30-21-8-10-22-25(31-32-26(22)19-21)11-9-20-5-3-4-12-28-20/h1-12,19,30H,13-18H2,(H,29,34)(H,31,32)/b11-9+. The van der Waals surface area contributed by atoms with Gasteiger partial charge in [0.05, 0.1) is 41.4 Å². The van der Waals surface area contributed by atoms with Gasteiger partial charge in [0.2, 0.25) is 0 Å². The fourth-order valence-corrected chi connectivity index (χ4v) is 4.08. The topological polar surface area (TPSA) is 95.2 Å². The lowest BCUT2D eigenvalue weighted by molar-refractivity contribution is 0.0383. The fraction of sp³-hybridized carbons (Fsp3) is 0.222. The Labute approximate surface area is 204 Å². The van der Waals surface area contributed by atoms with Crippen molar-refractivity contribution in [3.8, 4) is 0 Å². The molecule has 3 heterocycles. The highest BCUT2D eigenvalue weighted by molar-refractivity contribution is 6.00. The molecule has 1 amide bonds. The van der Waals surface area contributed by atoms with Crippen molar-refractivity contribution in [2.24, 2.45) is 0 Å². The maximum absolute atomic E-state index is 12.9. The summed E-state index contributed by atoms with van der Waals surface area (Å²) in [6.45, 7) is 4.74. The normalized spacial score (nSPS) is 14.4. The number of rotatable bonds is 8. The smallest absolute Gasteiger partial charge is 0.253 e. The van der Waals surface area contributed by atoms with Gasteiger partial charge < -0.3 is 15.4 Å². The third kappa shape index (κ3) is 5.74. The molecule has 0 atom stereocenters. The molecule has 4 aromatic rings. The van der Waals surface area contributed by atoms with E-state index in [0.29, 0.717) is 12.1 Å². The number of H-pyrrole nitrogens is 1. The maximum atomic E-state index is 12.9. The number of benzene rings is 2. The van der Waals surface area contributed by atoms with Crippen molar-refractivity contribution in [2.45, 2.75) is 0 Å². The van der Waals surface area contributed by atoms with Crippen LogP contribution in [0.25, 0.3) is 23.1 Å². The van der Waals surface area contributed by atoms with E-state index in [1.165, 1.54) is 0 Å². The predicted octanol–water partition coefficient (Wildman–Crippen LogP) is 3.93. The maximum Gasteiger partial charge on any atom is 0.253 e. The molecule has 35 heavy (non-hydrogen) atoms. The van der Waals surface area contributed by atoms with Gasteiger partial charge in [0.1, 0.15) is 0 Å². The first-order valence-corrected chi connectivity index (χ1v) is 11.8. The van der Waals surface area contributed by atoms with Gasteiger partial charge in [-0.1, -0.05) is 18.2 Å². The molecule has 8 nitrogen and oxygen atoms in total. The van der Waals surface area contributed by atoms with E-state index >= 15 is 0 Å². The van der Waals surface area contributed by atoms with Gasteiger partial charge in [-0.3, -0.25) is 19.8 Å². The monoisotopic (exact) mass is 468 g/mol. The number of nitrogens with one attached hydrogen (secondary N) is 3.